The zero-order chi connectivity index (χ0) is 26.4. The zero-order valence-corrected chi connectivity index (χ0v) is 22.9. The number of nitrogens with two attached hydrogens (primary N) is 1. The summed E-state index contributed by atoms with van der Waals surface area (Å²) in [6.07, 6.45) is 5.32. The number of aromatic nitrogens is 1. The predicted octanol–water partition coefficient (Wildman–Crippen LogP) is 1.91. The second kappa shape index (κ2) is 15.8. The Bertz CT molecular complexity index is 804. The molecule has 0 saturated carbocycles. The van der Waals surface area contributed by atoms with Crippen molar-refractivity contribution in [3.05, 3.63) is 23.4 Å². The third kappa shape index (κ3) is 11.7. The maximum absolute atomic E-state index is 12.3. The number of ether oxygens (including phenoxy) is 1. The molecular weight excluding hydrogens is 456 g/mol. The van der Waals surface area contributed by atoms with E-state index in [1.807, 2.05) is 7.05 Å². The van der Waals surface area contributed by atoms with Crippen molar-refractivity contribution in [1.82, 2.24) is 20.1 Å². The average Bonchev–Trinajstić information content (AvgIpc) is 2.87. The Hall–Kier alpha value is -2.23. The van der Waals surface area contributed by atoms with Crippen molar-refractivity contribution in [3.8, 4) is 0 Å². The molecule has 1 aliphatic rings. The van der Waals surface area contributed by atoms with Crippen molar-refractivity contribution in [2.45, 2.75) is 52.9 Å². The molecule has 4 N–H and O–H groups in total. The topological polar surface area (TPSA) is 113 Å². The van der Waals surface area contributed by atoms with Crippen molar-refractivity contribution in [2.75, 3.05) is 71.4 Å². The number of fused-ring (bicyclic) bond motifs is 1. The summed E-state index contributed by atoms with van der Waals surface area (Å²) in [6, 6.07) is 4.28. The number of anilines is 1. The highest BCUT2D eigenvalue weighted by Crippen LogP contribution is 2.20. The number of nitrogens with one attached hydrogen (secondary N) is 2. The van der Waals surface area contributed by atoms with Gasteiger partial charge in [-0.3, -0.25) is 9.59 Å². The highest BCUT2D eigenvalue weighted by Gasteiger charge is 2.20. The first-order valence-electron chi connectivity index (χ1n) is 13.4. The van der Waals surface area contributed by atoms with Gasteiger partial charge < -0.3 is 30.9 Å². The largest absolute Gasteiger partial charge is 0.380 e. The quantitative estimate of drug-likeness (QED) is 0.262. The first-order valence-corrected chi connectivity index (χ1v) is 13.4. The van der Waals surface area contributed by atoms with Crippen molar-refractivity contribution in [1.29, 1.82) is 0 Å². The molecule has 204 valence electrons. The second-order valence-corrected chi connectivity index (χ2v) is 10.9. The van der Waals surface area contributed by atoms with Gasteiger partial charge in [0.05, 0.1) is 13.2 Å². The number of nitrogens with zero attached hydrogens (tertiary/aromatic N) is 3. The van der Waals surface area contributed by atoms with Gasteiger partial charge in [-0.05, 0) is 56.8 Å². The van der Waals surface area contributed by atoms with E-state index >= 15 is 0 Å². The van der Waals surface area contributed by atoms with E-state index in [-0.39, 0.29) is 11.3 Å². The molecule has 0 aliphatic carbocycles. The van der Waals surface area contributed by atoms with Crippen molar-refractivity contribution in [3.63, 3.8) is 0 Å². The van der Waals surface area contributed by atoms with Gasteiger partial charge in [0, 0.05) is 56.8 Å². The van der Waals surface area contributed by atoms with Crippen LogP contribution in [0.15, 0.2) is 12.1 Å². The van der Waals surface area contributed by atoms with E-state index in [4.69, 9.17) is 15.5 Å². The number of rotatable bonds is 18. The zero-order valence-electron chi connectivity index (χ0n) is 22.9. The van der Waals surface area contributed by atoms with Crippen LogP contribution in [0.5, 0.6) is 0 Å². The Balaban J connectivity index is 1.59. The van der Waals surface area contributed by atoms with Crippen LogP contribution in [0.25, 0.3) is 0 Å². The number of likely N-dealkylation sites (N-methyl/N-ethyl adjacent to an activating group) is 1. The lowest BCUT2D eigenvalue weighted by Gasteiger charge is -2.26. The van der Waals surface area contributed by atoms with Crippen LogP contribution < -0.4 is 16.4 Å². The van der Waals surface area contributed by atoms with Gasteiger partial charge in [0.2, 0.25) is 12.3 Å². The smallest absolute Gasteiger partial charge is 0.221 e. The van der Waals surface area contributed by atoms with Gasteiger partial charge in [-0.15, -0.1) is 0 Å². The minimum atomic E-state index is -0.133. The molecule has 2 rings (SSSR count). The van der Waals surface area contributed by atoms with Gasteiger partial charge >= 0.3 is 0 Å². The minimum Gasteiger partial charge on any atom is -0.380 e. The number of pyridine rings is 1. The molecule has 0 aromatic carbocycles. The van der Waals surface area contributed by atoms with Gasteiger partial charge in [0.15, 0.2) is 0 Å². The van der Waals surface area contributed by atoms with E-state index < -0.39 is 0 Å². The van der Waals surface area contributed by atoms with E-state index in [1.165, 1.54) is 5.56 Å². The van der Waals surface area contributed by atoms with Crippen LogP contribution in [0.3, 0.4) is 0 Å². The number of carbonyl (C=O) groups is 2. The molecule has 1 aromatic heterocycles. The molecule has 0 spiro atoms. The van der Waals surface area contributed by atoms with Crippen LogP contribution >= 0.6 is 0 Å². The highest BCUT2D eigenvalue weighted by molar-refractivity contribution is 5.76. The van der Waals surface area contributed by atoms with Crippen LogP contribution in [-0.2, 0) is 27.2 Å². The van der Waals surface area contributed by atoms with Crippen molar-refractivity contribution < 1.29 is 14.3 Å². The summed E-state index contributed by atoms with van der Waals surface area (Å²) < 4.78 is 5.74. The molecule has 36 heavy (non-hydrogen) atoms. The predicted molar refractivity (Wildman–Crippen MR) is 145 cm³/mol. The number of amides is 2. The molecule has 9 heteroatoms. The first-order chi connectivity index (χ1) is 17.2. The molecule has 1 aliphatic heterocycles. The molecule has 0 bridgehead atoms. The SMILES string of the molecule is CC(CN)COCC(C)(C)CNC(=O)CCN(C)CCN(C=O)CCCc1ccc2c(n1)NCCC2. The molecule has 1 aromatic rings. The van der Waals surface area contributed by atoms with Crippen LogP contribution in [0.2, 0.25) is 0 Å². The Morgan fingerprint density at radius 3 is 2.86 bits per heavy atom. The van der Waals surface area contributed by atoms with E-state index in [2.05, 4.69) is 48.4 Å². The first kappa shape index (κ1) is 30.0. The molecule has 0 fully saturated rings. The molecular formula is C27H48N6O3. The van der Waals surface area contributed by atoms with Gasteiger partial charge in [-0.1, -0.05) is 26.8 Å². The molecule has 2 heterocycles. The number of hydrogen-bond donors (Lipinski definition) is 3. The summed E-state index contributed by atoms with van der Waals surface area (Å²) in [4.78, 5) is 32.5. The van der Waals surface area contributed by atoms with Crippen molar-refractivity contribution in [2.24, 2.45) is 17.1 Å². The van der Waals surface area contributed by atoms with Crippen LogP contribution in [0.1, 0.15) is 51.3 Å². The molecule has 1 atom stereocenters. The fourth-order valence-corrected chi connectivity index (χ4v) is 3.97. The normalized spacial score (nSPS) is 14.2. The molecule has 0 radical (unpaired) electrons. The maximum Gasteiger partial charge on any atom is 0.221 e. The fraction of sp³-hybridized carbons (Fsp3) is 0.741. The van der Waals surface area contributed by atoms with Crippen LogP contribution in [-0.4, -0.2) is 93.2 Å². The van der Waals surface area contributed by atoms with Gasteiger partial charge in [-0.25, -0.2) is 4.98 Å². The average molecular weight is 505 g/mol. The monoisotopic (exact) mass is 504 g/mol. The second-order valence-electron chi connectivity index (χ2n) is 10.9. The standard InChI is InChI=1S/C27H48N6O3/c1-22(17-28)18-36-20-27(2,3)19-30-25(35)11-14-32(4)15-16-33(21-34)13-6-8-24-10-9-23-7-5-12-29-26(23)31-24/h9-10,21-22H,5-8,11-20,28H2,1-4H3,(H,29,31)(H,30,35). The Morgan fingerprint density at radius 2 is 2.11 bits per heavy atom. The highest BCUT2D eigenvalue weighted by atomic mass is 16.5. The van der Waals surface area contributed by atoms with Gasteiger partial charge in [0.25, 0.3) is 0 Å². The van der Waals surface area contributed by atoms with E-state index in [1.54, 1.807) is 4.90 Å². The lowest BCUT2D eigenvalue weighted by molar-refractivity contribution is -0.122. The van der Waals surface area contributed by atoms with Gasteiger partial charge in [-0.2, -0.15) is 0 Å². The summed E-state index contributed by atoms with van der Waals surface area (Å²) in [5.41, 5.74) is 7.85. The third-order valence-electron chi connectivity index (χ3n) is 6.53. The van der Waals surface area contributed by atoms with Crippen molar-refractivity contribution >= 4 is 18.1 Å². The number of aryl methyl sites for hydroxylation is 2. The summed E-state index contributed by atoms with van der Waals surface area (Å²) in [6.45, 7) is 12.3. The van der Waals surface area contributed by atoms with E-state index in [9.17, 15) is 9.59 Å². The van der Waals surface area contributed by atoms with Crippen LogP contribution in [0, 0.1) is 11.3 Å². The minimum absolute atomic E-state index is 0.0320. The lowest BCUT2D eigenvalue weighted by atomic mass is 9.94. The molecule has 9 nitrogen and oxygen atoms in total. The van der Waals surface area contributed by atoms with E-state index in [0.717, 1.165) is 56.7 Å². The summed E-state index contributed by atoms with van der Waals surface area (Å²) in [7, 11) is 1.98. The maximum atomic E-state index is 12.3. The molecule has 2 amide bonds. The Morgan fingerprint density at radius 1 is 1.31 bits per heavy atom. The summed E-state index contributed by atoms with van der Waals surface area (Å²) in [5, 5.41) is 6.40. The molecule has 0 saturated heterocycles. The Kier molecular flexibility index (Phi) is 13.2. The summed E-state index contributed by atoms with van der Waals surface area (Å²) >= 11 is 0. The van der Waals surface area contributed by atoms with Crippen LogP contribution in [0.4, 0.5) is 5.82 Å². The number of hydrogen-bond acceptors (Lipinski definition) is 7. The number of carbonyl (C=O) groups excluding carboxylic acids is 2. The summed E-state index contributed by atoms with van der Waals surface area (Å²) in [5.74, 6) is 1.39. The third-order valence-corrected chi connectivity index (χ3v) is 6.53. The van der Waals surface area contributed by atoms with Gasteiger partial charge in [0.1, 0.15) is 5.82 Å². The fourth-order valence-electron chi connectivity index (χ4n) is 3.97. The van der Waals surface area contributed by atoms with E-state index in [0.29, 0.717) is 58.3 Å². The Labute approximate surface area is 217 Å². The lowest BCUT2D eigenvalue weighted by Crippen LogP contribution is -2.39. The molecule has 1 unspecified atom stereocenters.